The largest absolute Gasteiger partial charge is 0.310 e. The molecular weight excluding hydrogens is 279 g/mol. The molecule has 0 amide bonds. The van der Waals surface area contributed by atoms with Gasteiger partial charge in [-0.1, -0.05) is 35.3 Å². The van der Waals surface area contributed by atoms with E-state index < -0.39 is 0 Å². The van der Waals surface area contributed by atoms with Gasteiger partial charge in [-0.2, -0.15) is 0 Å². The van der Waals surface area contributed by atoms with Gasteiger partial charge in [0.1, 0.15) is 0 Å². The minimum atomic E-state index is 0.235. The van der Waals surface area contributed by atoms with Crippen LogP contribution in [0.5, 0.6) is 0 Å². The highest BCUT2D eigenvalue weighted by Crippen LogP contribution is 2.25. The van der Waals surface area contributed by atoms with E-state index in [4.69, 9.17) is 23.2 Å². The molecule has 1 aromatic carbocycles. The quantitative estimate of drug-likeness (QED) is 0.890. The van der Waals surface area contributed by atoms with Gasteiger partial charge in [-0.3, -0.25) is 4.98 Å². The average Bonchev–Trinajstić information content (AvgIpc) is 2.43. The van der Waals surface area contributed by atoms with Crippen LogP contribution in [0.2, 0.25) is 10.0 Å². The molecule has 0 spiro atoms. The first-order chi connectivity index (χ1) is 9.16. The highest BCUT2D eigenvalue weighted by molar-refractivity contribution is 6.42. The predicted octanol–water partition coefficient (Wildman–Crippen LogP) is 4.28. The Hall–Kier alpha value is -1.09. The summed E-state index contributed by atoms with van der Waals surface area (Å²) in [6.07, 6.45) is 2.73. The van der Waals surface area contributed by atoms with Crippen LogP contribution in [0.4, 0.5) is 0 Å². The van der Waals surface area contributed by atoms with Crippen molar-refractivity contribution in [2.45, 2.75) is 19.4 Å². The molecule has 1 atom stereocenters. The standard InChI is InChI=1S/C15H16Cl2N2/c1-11(12-5-6-14(16)15(17)10-12)18-9-7-13-4-2-3-8-19-13/h2-6,8,10-11,18H,7,9H2,1H3. The first kappa shape index (κ1) is 14.3. The lowest BCUT2D eigenvalue weighted by molar-refractivity contribution is 0.574. The van der Waals surface area contributed by atoms with E-state index in [1.807, 2.05) is 42.6 Å². The zero-order valence-corrected chi connectivity index (χ0v) is 12.2. The molecule has 0 saturated heterocycles. The monoisotopic (exact) mass is 294 g/mol. The molecule has 100 valence electrons. The fourth-order valence-corrected chi connectivity index (χ4v) is 2.17. The number of benzene rings is 1. The van der Waals surface area contributed by atoms with Crippen LogP contribution >= 0.6 is 23.2 Å². The van der Waals surface area contributed by atoms with Crippen LogP contribution < -0.4 is 5.32 Å². The second-order valence-corrected chi connectivity index (χ2v) is 5.23. The predicted molar refractivity (Wildman–Crippen MR) is 80.8 cm³/mol. The molecule has 1 unspecified atom stereocenters. The van der Waals surface area contributed by atoms with Crippen LogP contribution in [0, 0.1) is 0 Å². The summed E-state index contributed by atoms with van der Waals surface area (Å²) in [5, 5.41) is 4.64. The number of aromatic nitrogens is 1. The Kier molecular flexibility index (Phi) is 5.20. The third-order valence-electron chi connectivity index (χ3n) is 3.00. The number of nitrogens with one attached hydrogen (secondary N) is 1. The van der Waals surface area contributed by atoms with E-state index in [2.05, 4.69) is 17.2 Å². The number of nitrogens with zero attached hydrogens (tertiary/aromatic N) is 1. The van der Waals surface area contributed by atoms with Gasteiger partial charge < -0.3 is 5.32 Å². The Bertz CT molecular complexity index is 529. The van der Waals surface area contributed by atoms with Crippen molar-refractivity contribution in [3.63, 3.8) is 0 Å². The van der Waals surface area contributed by atoms with Crippen molar-refractivity contribution in [3.8, 4) is 0 Å². The fourth-order valence-electron chi connectivity index (χ4n) is 1.86. The summed E-state index contributed by atoms with van der Waals surface area (Å²) in [7, 11) is 0. The third-order valence-corrected chi connectivity index (χ3v) is 3.74. The summed E-state index contributed by atoms with van der Waals surface area (Å²) >= 11 is 11.9. The van der Waals surface area contributed by atoms with Gasteiger partial charge in [-0.15, -0.1) is 0 Å². The molecule has 2 rings (SSSR count). The molecule has 2 aromatic rings. The maximum Gasteiger partial charge on any atom is 0.0595 e. The van der Waals surface area contributed by atoms with E-state index in [9.17, 15) is 0 Å². The molecule has 2 nitrogen and oxygen atoms in total. The van der Waals surface area contributed by atoms with Crippen LogP contribution in [-0.2, 0) is 6.42 Å². The Morgan fingerprint density at radius 2 is 2.00 bits per heavy atom. The van der Waals surface area contributed by atoms with E-state index in [1.165, 1.54) is 0 Å². The van der Waals surface area contributed by atoms with Crippen LogP contribution in [0.3, 0.4) is 0 Å². The van der Waals surface area contributed by atoms with Gasteiger partial charge >= 0.3 is 0 Å². The Morgan fingerprint density at radius 3 is 2.68 bits per heavy atom. The summed E-state index contributed by atoms with van der Waals surface area (Å²) in [5.41, 5.74) is 2.23. The summed E-state index contributed by atoms with van der Waals surface area (Å²) < 4.78 is 0. The zero-order valence-electron chi connectivity index (χ0n) is 10.7. The Balaban J connectivity index is 1.87. The Morgan fingerprint density at radius 1 is 1.16 bits per heavy atom. The van der Waals surface area contributed by atoms with Gasteiger partial charge in [0, 0.05) is 30.9 Å². The molecule has 0 bridgehead atoms. The molecule has 0 fully saturated rings. The van der Waals surface area contributed by atoms with E-state index in [-0.39, 0.29) is 6.04 Å². The SMILES string of the molecule is CC(NCCc1ccccn1)c1ccc(Cl)c(Cl)c1. The van der Waals surface area contributed by atoms with Gasteiger partial charge in [0.2, 0.25) is 0 Å². The molecule has 19 heavy (non-hydrogen) atoms. The summed E-state index contributed by atoms with van der Waals surface area (Å²) in [6, 6.07) is 11.9. The molecule has 1 aromatic heterocycles. The number of rotatable bonds is 5. The molecule has 0 radical (unpaired) electrons. The minimum Gasteiger partial charge on any atom is -0.310 e. The van der Waals surface area contributed by atoms with E-state index in [0.717, 1.165) is 24.2 Å². The highest BCUT2D eigenvalue weighted by Gasteiger charge is 2.07. The Labute approximate surface area is 123 Å². The molecule has 0 aliphatic carbocycles. The number of halogens is 2. The second-order valence-electron chi connectivity index (χ2n) is 4.42. The molecule has 0 aliphatic rings. The maximum atomic E-state index is 6.02. The fraction of sp³-hybridized carbons (Fsp3) is 0.267. The summed E-state index contributed by atoms with van der Waals surface area (Å²) in [6.45, 7) is 2.98. The van der Waals surface area contributed by atoms with Crippen molar-refractivity contribution < 1.29 is 0 Å². The van der Waals surface area contributed by atoms with Gasteiger partial charge in [0.15, 0.2) is 0 Å². The van der Waals surface area contributed by atoms with Crippen LogP contribution in [0.1, 0.15) is 24.2 Å². The molecule has 4 heteroatoms. The number of pyridine rings is 1. The lowest BCUT2D eigenvalue weighted by Gasteiger charge is -2.14. The molecule has 0 aliphatic heterocycles. The molecule has 1 heterocycles. The van der Waals surface area contributed by atoms with Crippen molar-refractivity contribution in [2.24, 2.45) is 0 Å². The van der Waals surface area contributed by atoms with Gasteiger partial charge in [0.05, 0.1) is 10.0 Å². The van der Waals surface area contributed by atoms with Crippen LogP contribution in [-0.4, -0.2) is 11.5 Å². The van der Waals surface area contributed by atoms with E-state index >= 15 is 0 Å². The van der Waals surface area contributed by atoms with Crippen molar-refractivity contribution in [1.29, 1.82) is 0 Å². The first-order valence-electron chi connectivity index (χ1n) is 6.25. The van der Waals surface area contributed by atoms with Crippen molar-refractivity contribution >= 4 is 23.2 Å². The molecular formula is C15H16Cl2N2. The number of hydrogen-bond acceptors (Lipinski definition) is 2. The second kappa shape index (κ2) is 6.90. The number of hydrogen-bond donors (Lipinski definition) is 1. The average molecular weight is 295 g/mol. The summed E-state index contributed by atoms with van der Waals surface area (Å²) in [5.74, 6) is 0. The topological polar surface area (TPSA) is 24.9 Å². The highest BCUT2D eigenvalue weighted by atomic mass is 35.5. The normalized spacial score (nSPS) is 12.4. The van der Waals surface area contributed by atoms with Crippen molar-refractivity contribution in [2.75, 3.05) is 6.54 Å². The lowest BCUT2D eigenvalue weighted by Crippen LogP contribution is -2.21. The first-order valence-corrected chi connectivity index (χ1v) is 7.00. The van der Waals surface area contributed by atoms with Gasteiger partial charge in [0.25, 0.3) is 0 Å². The zero-order chi connectivity index (χ0) is 13.7. The van der Waals surface area contributed by atoms with Crippen molar-refractivity contribution in [1.82, 2.24) is 10.3 Å². The van der Waals surface area contributed by atoms with Crippen molar-refractivity contribution in [3.05, 3.63) is 63.9 Å². The summed E-state index contributed by atoms with van der Waals surface area (Å²) in [4.78, 5) is 4.30. The lowest BCUT2D eigenvalue weighted by atomic mass is 10.1. The van der Waals surface area contributed by atoms with E-state index in [0.29, 0.717) is 10.0 Å². The van der Waals surface area contributed by atoms with E-state index in [1.54, 1.807) is 0 Å². The molecule has 1 N–H and O–H groups in total. The van der Waals surface area contributed by atoms with Crippen LogP contribution in [0.25, 0.3) is 0 Å². The smallest absolute Gasteiger partial charge is 0.0595 e. The van der Waals surface area contributed by atoms with Gasteiger partial charge in [-0.25, -0.2) is 0 Å². The minimum absolute atomic E-state index is 0.235. The van der Waals surface area contributed by atoms with Crippen LogP contribution in [0.15, 0.2) is 42.6 Å². The third kappa shape index (κ3) is 4.20. The maximum absolute atomic E-state index is 6.02. The molecule has 0 saturated carbocycles. The van der Waals surface area contributed by atoms with Gasteiger partial charge in [-0.05, 0) is 36.8 Å².